The van der Waals surface area contributed by atoms with Gasteiger partial charge in [-0.25, -0.2) is 0 Å². The second-order valence-electron chi connectivity index (χ2n) is 3.74. The Morgan fingerprint density at radius 1 is 0.944 bits per heavy atom. The van der Waals surface area contributed by atoms with Gasteiger partial charge in [0.15, 0.2) is 0 Å². The molecule has 2 rings (SSSR count). The highest BCUT2D eigenvalue weighted by molar-refractivity contribution is 7.12. The van der Waals surface area contributed by atoms with Crippen LogP contribution in [0.2, 0.25) is 0 Å². The van der Waals surface area contributed by atoms with Crippen LogP contribution in [0.1, 0.15) is 20.9 Å². The SMILES string of the molecule is Cc1ccc(C#Cc2ccc(C(F)(F)F)cc2)s1. The summed E-state index contributed by atoms with van der Waals surface area (Å²) >= 11 is 1.56. The number of halogens is 3. The van der Waals surface area contributed by atoms with Crippen LogP contribution in [0.5, 0.6) is 0 Å². The van der Waals surface area contributed by atoms with Crippen molar-refractivity contribution in [3.05, 3.63) is 57.3 Å². The van der Waals surface area contributed by atoms with E-state index in [-0.39, 0.29) is 0 Å². The van der Waals surface area contributed by atoms with Gasteiger partial charge in [-0.1, -0.05) is 11.8 Å². The fourth-order valence-corrected chi connectivity index (χ4v) is 2.10. The second-order valence-corrected chi connectivity index (χ2v) is 5.02. The molecule has 0 N–H and O–H groups in total. The van der Waals surface area contributed by atoms with E-state index in [9.17, 15) is 13.2 Å². The average Bonchev–Trinajstić information content (AvgIpc) is 2.72. The molecule has 4 heteroatoms. The third kappa shape index (κ3) is 3.14. The van der Waals surface area contributed by atoms with E-state index in [1.54, 1.807) is 11.3 Å². The second kappa shape index (κ2) is 4.87. The summed E-state index contributed by atoms with van der Waals surface area (Å²) < 4.78 is 37.0. The Bertz CT molecular complexity index is 594. The molecule has 0 unspecified atom stereocenters. The Morgan fingerprint density at radius 3 is 2.11 bits per heavy atom. The standard InChI is InChI=1S/C14H9F3S/c1-10-2-8-13(18-10)9-5-11-3-6-12(7-4-11)14(15,16)17/h2-4,6-8H,1H3. The number of alkyl halides is 3. The van der Waals surface area contributed by atoms with Crippen molar-refractivity contribution in [1.29, 1.82) is 0 Å². The maximum absolute atomic E-state index is 12.3. The van der Waals surface area contributed by atoms with Gasteiger partial charge in [0.05, 0.1) is 10.4 Å². The first-order valence-corrected chi connectivity index (χ1v) is 6.02. The summed E-state index contributed by atoms with van der Waals surface area (Å²) in [6.07, 6.45) is -4.29. The van der Waals surface area contributed by atoms with Crippen LogP contribution in [0.3, 0.4) is 0 Å². The van der Waals surface area contributed by atoms with E-state index >= 15 is 0 Å². The molecule has 0 saturated carbocycles. The lowest BCUT2D eigenvalue weighted by Gasteiger charge is -2.05. The Balaban J connectivity index is 2.19. The molecule has 0 amide bonds. The van der Waals surface area contributed by atoms with Crippen molar-refractivity contribution < 1.29 is 13.2 Å². The average molecular weight is 266 g/mol. The molecule has 0 bridgehead atoms. The normalized spacial score (nSPS) is 10.9. The topological polar surface area (TPSA) is 0 Å². The number of aryl methyl sites for hydroxylation is 1. The zero-order valence-corrected chi connectivity index (χ0v) is 10.3. The smallest absolute Gasteiger partial charge is 0.166 e. The van der Waals surface area contributed by atoms with Gasteiger partial charge in [0, 0.05) is 10.4 Å². The fraction of sp³-hybridized carbons (Fsp3) is 0.143. The minimum Gasteiger partial charge on any atom is -0.166 e. The van der Waals surface area contributed by atoms with E-state index in [2.05, 4.69) is 11.8 Å². The molecule has 1 aromatic heterocycles. The van der Waals surface area contributed by atoms with Crippen LogP contribution >= 0.6 is 11.3 Å². The van der Waals surface area contributed by atoms with Crippen LogP contribution in [-0.4, -0.2) is 0 Å². The van der Waals surface area contributed by atoms with E-state index in [0.29, 0.717) is 5.56 Å². The Morgan fingerprint density at radius 2 is 1.61 bits per heavy atom. The van der Waals surface area contributed by atoms with Crippen molar-refractivity contribution >= 4 is 11.3 Å². The van der Waals surface area contributed by atoms with E-state index in [1.165, 1.54) is 12.1 Å². The molecule has 0 aliphatic carbocycles. The van der Waals surface area contributed by atoms with Crippen molar-refractivity contribution in [2.75, 3.05) is 0 Å². The maximum Gasteiger partial charge on any atom is 0.416 e. The summed E-state index contributed by atoms with van der Waals surface area (Å²) in [5.41, 5.74) is -0.0749. The highest BCUT2D eigenvalue weighted by atomic mass is 32.1. The number of rotatable bonds is 0. The molecule has 0 radical (unpaired) electrons. The molecular formula is C14H9F3S. The summed E-state index contributed by atoms with van der Waals surface area (Å²) in [4.78, 5) is 2.07. The van der Waals surface area contributed by atoms with Crippen molar-refractivity contribution in [1.82, 2.24) is 0 Å². The third-order valence-corrected chi connectivity index (χ3v) is 3.20. The summed E-state index contributed by atoms with van der Waals surface area (Å²) in [5, 5.41) is 0. The van der Waals surface area contributed by atoms with Gasteiger partial charge in [-0.15, -0.1) is 11.3 Å². The summed E-state index contributed by atoms with van der Waals surface area (Å²) in [6.45, 7) is 1.98. The molecule has 0 spiro atoms. The summed E-state index contributed by atoms with van der Waals surface area (Å²) in [5.74, 6) is 5.77. The molecule has 1 heterocycles. The van der Waals surface area contributed by atoms with E-state index < -0.39 is 11.7 Å². The van der Waals surface area contributed by atoms with Gasteiger partial charge in [-0.3, -0.25) is 0 Å². The van der Waals surface area contributed by atoms with Gasteiger partial charge in [0.25, 0.3) is 0 Å². The Labute approximate surface area is 107 Å². The third-order valence-electron chi connectivity index (χ3n) is 2.28. The lowest BCUT2D eigenvalue weighted by atomic mass is 10.1. The van der Waals surface area contributed by atoms with Crippen molar-refractivity contribution in [3.8, 4) is 11.8 Å². The first kappa shape index (κ1) is 12.7. The first-order chi connectivity index (χ1) is 8.45. The number of hydrogen-bond donors (Lipinski definition) is 0. The van der Waals surface area contributed by atoms with Crippen LogP contribution in [0.25, 0.3) is 0 Å². The number of hydrogen-bond acceptors (Lipinski definition) is 1. The lowest BCUT2D eigenvalue weighted by Crippen LogP contribution is -2.04. The molecule has 0 aliphatic heterocycles. The van der Waals surface area contributed by atoms with Gasteiger partial charge >= 0.3 is 6.18 Å². The zero-order chi connectivity index (χ0) is 13.2. The highest BCUT2D eigenvalue weighted by Crippen LogP contribution is 2.28. The molecule has 92 valence electrons. The number of thiophene rings is 1. The van der Waals surface area contributed by atoms with Gasteiger partial charge in [0.1, 0.15) is 0 Å². The molecule has 0 nitrogen and oxygen atoms in total. The molecular weight excluding hydrogens is 257 g/mol. The van der Waals surface area contributed by atoms with Crippen LogP contribution in [0.4, 0.5) is 13.2 Å². The first-order valence-electron chi connectivity index (χ1n) is 5.21. The van der Waals surface area contributed by atoms with Crippen LogP contribution < -0.4 is 0 Å². The lowest BCUT2D eigenvalue weighted by molar-refractivity contribution is -0.137. The van der Waals surface area contributed by atoms with Gasteiger partial charge in [-0.2, -0.15) is 13.2 Å². The van der Waals surface area contributed by atoms with Crippen LogP contribution in [0, 0.1) is 18.8 Å². The van der Waals surface area contributed by atoms with Crippen molar-refractivity contribution in [2.45, 2.75) is 13.1 Å². The monoisotopic (exact) mass is 266 g/mol. The summed E-state index contributed by atoms with van der Waals surface area (Å²) in [6, 6.07) is 8.72. The van der Waals surface area contributed by atoms with E-state index in [0.717, 1.165) is 21.9 Å². The van der Waals surface area contributed by atoms with Crippen LogP contribution in [-0.2, 0) is 6.18 Å². The Kier molecular flexibility index (Phi) is 3.44. The molecule has 0 saturated heterocycles. The molecule has 2 aromatic rings. The summed E-state index contributed by atoms with van der Waals surface area (Å²) in [7, 11) is 0. The van der Waals surface area contributed by atoms with Crippen molar-refractivity contribution in [3.63, 3.8) is 0 Å². The van der Waals surface area contributed by atoms with Crippen molar-refractivity contribution in [2.24, 2.45) is 0 Å². The predicted octanol–water partition coefficient (Wildman–Crippen LogP) is 4.48. The van der Waals surface area contributed by atoms with Gasteiger partial charge in [0.2, 0.25) is 0 Å². The fourth-order valence-electron chi connectivity index (χ4n) is 1.38. The largest absolute Gasteiger partial charge is 0.416 e. The molecule has 0 fully saturated rings. The molecule has 0 aliphatic rings. The molecule has 1 aromatic carbocycles. The molecule has 18 heavy (non-hydrogen) atoms. The van der Waals surface area contributed by atoms with Gasteiger partial charge < -0.3 is 0 Å². The quantitative estimate of drug-likeness (QED) is 0.617. The predicted molar refractivity (Wildman–Crippen MR) is 66.5 cm³/mol. The molecule has 0 atom stereocenters. The van der Waals surface area contributed by atoms with E-state index in [4.69, 9.17) is 0 Å². The van der Waals surface area contributed by atoms with Gasteiger partial charge in [-0.05, 0) is 43.3 Å². The Hall–Kier alpha value is -1.73. The minimum absolute atomic E-state index is 0.578. The zero-order valence-electron chi connectivity index (χ0n) is 9.51. The maximum atomic E-state index is 12.3. The minimum atomic E-state index is -4.29. The highest BCUT2D eigenvalue weighted by Gasteiger charge is 2.29. The van der Waals surface area contributed by atoms with Crippen LogP contribution in [0.15, 0.2) is 36.4 Å². The number of benzene rings is 1. The van der Waals surface area contributed by atoms with E-state index in [1.807, 2.05) is 19.1 Å².